The van der Waals surface area contributed by atoms with Crippen molar-refractivity contribution in [3.63, 3.8) is 0 Å². The number of carbonyl (C=O) groups excluding carboxylic acids is 2. The molecule has 118 valence electrons. The number of hydrogen-bond acceptors (Lipinski definition) is 4. The van der Waals surface area contributed by atoms with Gasteiger partial charge in [0.2, 0.25) is 0 Å². The Morgan fingerprint density at radius 2 is 1.73 bits per heavy atom. The molecule has 0 aliphatic heterocycles. The van der Waals surface area contributed by atoms with Crippen LogP contribution in [0, 0.1) is 12.8 Å². The van der Waals surface area contributed by atoms with Crippen LogP contribution >= 0.6 is 0 Å². The molecule has 22 heavy (non-hydrogen) atoms. The van der Waals surface area contributed by atoms with Gasteiger partial charge in [-0.1, -0.05) is 23.8 Å². The third kappa shape index (κ3) is 4.72. The van der Waals surface area contributed by atoms with E-state index in [0.29, 0.717) is 31.4 Å². The van der Waals surface area contributed by atoms with Crippen LogP contribution in [-0.2, 0) is 14.3 Å². The summed E-state index contributed by atoms with van der Waals surface area (Å²) in [5, 5.41) is 0. The summed E-state index contributed by atoms with van der Waals surface area (Å²) in [4.78, 5) is 23.5. The average Bonchev–Trinajstić information content (AvgIpc) is 2.50. The van der Waals surface area contributed by atoms with Crippen LogP contribution in [0.25, 0.3) is 0 Å². The molecule has 0 unspecified atom stereocenters. The van der Waals surface area contributed by atoms with Crippen molar-refractivity contribution >= 4 is 11.9 Å². The molecule has 0 N–H and O–H groups in total. The van der Waals surface area contributed by atoms with E-state index < -0.39 is 0 Å². The van der Waals surface area contributed by atoms with Crippen molar-refractivity contribution in [2.24, 2.45) is 5.92 Å². The lowest BCUT2D eigenvalue weighted by Crippen LogP contribution is -2.29. The fraction of sp³-hybridized carbons (Fsp3) is 0.444. The molecule has 2 rings (SSSR count). The van der Waals surface area contributed by atoms with Crippen LogP contribution in [0.3, 0.4) is 0 Å². The molecule has 0 atom stereocenters. The van der Waals surface area contributed by atoms with E-state index in [-0.39, 0.29) is 24.0 Å². The first-order chi connectivity index (χ1) is 10.6. The Labute approximate surface area is 131 Å². The van der Waals surface area contributed by atoms with Gasteiger partial charge in [-0.05, 0) is 51.7 Å². The fourth-order valence-corrected chi connectivity index (χ4v) is 2.56. The zero-order valence-corrected chi connectivity index (χ0v) is 13.1. The van der Waals surface area contributed by atoms with Crippen LogP contribution in [0.5, 0.6) is 5.75 Å². The van der Waals surface area contributed by atoms with Crippen molar-refractivity contribution in [2.75, 3.05) is 0 Å². The highest BCUT2D eigenvalue weighted by atomic mass is 16.5. The van der Waals surface area contributed by atoms with Gasteiger partial charge >= 0.3 is 11.9 Å². The molecule has 0 bridgehead atoms. The molecule has 4 nitrogen and oxygen atoms in total. The van der Waals surface area contributed by atoms with Gasteiger partial charge < -0.3 is 9.47 Å². The Hall–Kier alpha value is -2.10. The minimum absolute atomic E-state index is 0.0906. The summed E-state index contributed by atoms with van der Waals surface area (Å²) >= 11 is 0. The van der Waals surface area contributed by atoms with E-state index in [2.05, 4.69) is 0 Å². The van der Waals surface area contributed by atoms with Crippen molar-refractivity contribution in [3.05, 3.63) is 42.0 Å². The lowest BCUT2D eigenvalue weighted by atomic mass is 9.87. The average molecular weight is 302 g/mol. The van der Waals surface area contributed by atoms with Crippen molar-refractivity contribution in [3.8, 4) is 5.75 Å². The monoisotopic (exact) mass is 302 g/mol. The first-order valence-corrected chi connectivity index (χ1v) is 7.70. The lowest BCUT2D eigenvalue weighted by molar-refractivity contribution is -0.147. The standard InChI is InChI=1S/C18H22O4/c1-3-4-17(19)21-15-11-7-14(8-12-15)18(20)22-16-9-5-13(2)6-10-16/h3-6,9-10,14-15H,7-8,11-12H2,1-2H3/b4-3+. The number of rotatable bonds is 4. The van der Waals surface area contributed by atoms with Crippen molar-refractivity contribution in [1.29, 1.82) is 0 Å². The quantitative estimate of drug-likeness (QED) is 0.484. The Morgan fingerprint density at radius 3 is 2.32 bits per heavy atom. The summed E-state index contributed by atoms with van der Waals surface area (Å²) in [7, 11) is 0. The third-order valence-corrected chi connectivity index (χ3v) is 3.83. The summed E-state index contributed by atoms with van der Waals surface area (Å²) in [5.74, 6) is -0.0366. The van der Waals surface area contributed by atoms with E-state index in [1.54, 1.807) is 25.1 Å². The molecule has 1 aromatic rings. The topological polar surface area (TPSA) is 52.6 Å². The van der Waals surface area contributed by atoms with Crippen LogP contribution in [0.15, 0.2) is 36.4 Å². The van der Waals surface area contributed by atoms with Crippen molar-refractivity contribution < 1.29 is 19.1 Å². The zero-order valence-electron chi connectivity index (χ0n) is 13.1. The van der Waals surface area contributed by atoms with Crippen LogP contribution in [0.4, 0.5) is 0 Å². The SMILES string of the molecule is C/C=C/C(=O)OC1CCC(C(=O)Oc2ccc(C)cc2)CC1. The van der Waals surface area contributed by atoms with Crippen LogP contribution in [-0.4, -0.2) is 18.0 Å². The molecule has 1 aliphatic carbocycles. The Kier molecular flexibility index (Phi) is 5.75. The molecule has 0 spiro atoms. The molecule has 0 radical (unpaired) electrons. The number of carbonyl (C=O) groups is 2. The molecule has 1 saturated carbocycles. The van der Waals surface area contributed by atoms with Gasteiger partial charge in [-0.2, -0.15) is 0 Å². The van der Waals surface area contributed by atoms with E-state index in [0.717, 1.165) is 5.56 Å². The Bertz CT molecular complexity index is 537. The summed E-state index contributed by atoms with van der Waals surface area (Å²) in [5.41, 5.74) is 1.13. The second-order valence-electron chi connectivity index (χ2n) is 5.64. The molecular formula is C18H22O4. The number of aryl methyl sites for hydroxylation is 1. The third-order valence-electron chi connectivity index (χ3n) is 3.83. The second kappa shape index (κ2) is 7.78. The highest BCUT2D eigenvalue weighted by Crippen LogP contribution is 2.28. The predicted octanol–water partition coefficient (Wildman–Crippen LogP) is 3.58. The summed E-state index contributed by atoms with van der Waals surface area (Å²) in [6.45, 7) is 3.77. The van der Waals surface area contributed by atoms with Gasteiger partial charge in [0.15, 0.2) is 0 Å². The molecule has 0 saturated heterocycles. The minimum Gasteiger partial charge on any atom is -0.459 e. The molecule has 1 fully saturated rings. The fourth-order valence-electron chi connectivity index (χ4n) is 2.56. The molecular weight excluding hydrogens is 280 g/mol. The van der Waals surface area contributed by atoms with Gasteiger partial charge in [-0.25, -0.2) is 4.79 Å². The summed E-state index contributed by atoms with van der Waals surface area (Å²) in [6.07, 6.45) is 5.78. The lowest BCUT2D eigenvalue weighted by Gasteiger charge is -2.26. The van der Waals surface area contributed by atoms with Gasteiger partial charge in [0, 0.05) is 6.08 Å². The zero-order chi connectivity index (χ0) is 15.9. The highest BCUT2D eigenvalue weighted by molar-refractivity contribution is 5.82. The Balaban J connectivity index is 1.79. The van der Waals surface area contributed by atoms with E-state index in [1.807, 2.05) is 19.1 Å². The van der Waals surface area contributed by atoms with Crippen molar-refractivity contribution in [1.82, 2.24) is 0 Å². The van der Waals surface area contributed by atoms with E-state index in [9.17, 15) is 9.59 Å². The largest absolute Gasteiger partial charge is 0.459 e. The van der Waals surface area contributed by atoms with Gasteiger partial charge in [0.05, 0.1) is 5.92 Å². The molecule has 0 heterocycles. The van der Waals surface area contributed by atoms with E-state index in [4.69, 9.17) is 9.47 Å². The number of hydrogen-bond donors (Lipinski definition) is 0. The maximum absolute atomic E-state index is 12.1. The minimum atomic E-state index is -0.312. The normalized spacial score (nSPS) is 21.5. The number of benzene rings is 1. The van der Waals surface area contributed by atoms with Crippen molar-refractivity contribution in [2.45, 2.75) is 45.6 Å². The number of allylic oxidation sites excluding steroid dienone is 1. The summed E-state index contributed by atoms with van der Waals surface area (Å²) in [6, 6.07) is 7.44. The van der Waals surface area contributed by atoms with E-state index in [1.165, 1.54) is 6.08 Å². The Morgan fingerprint density at radius 1 is 1.09 bits per heavy atom. The van der Waals surface area contributed by atoms with Gasteiger partial charge in [-0.15, -0.1) is 0 Å². The van der Waals surface area contributed by atoms with Crippen LogP contribution in [0.1, 0.15) is 38.2 Å². The first-order valence-electron chi connectivity index (χ1n) is 7.70. The summed E-state index contributed by atoms with van der Waals surface area (Å²) < 4.78 is 10.7. The maximum Gasteiger partial charge on any atom is 0.330 e. The molecule has 4 heteroatoms. The van der Waals surface area contributed by atoms with Crippen LogP contribution in [0.2, 0.25) is 0 Å². The highest BCUT2D eigenvalue weighted by Gasteiger charge is 2.29. The molecule has 0 aromatic heterocycles. The number of esters is 2. The van der Waals surface area contributed by atoms with Gasteiger partial charge in [0.25, 0.3) is 0 Å². The first kappa shape index (κ1) is 16.3. The molecule has 1 aliphatic rings. The number of ether oxygens (including phenoxy) is 2. The van der Waals surface area contributed by atoms with Gasteiger partial charge in [0.1, 0.15) is 11.9 Å². The van der Waals surface area contributed by atoms with Crippen LogP contribution < -0.4 is 4.74 Å². The second-order valence-corrected chi connectivity index (χ2v) is 5.64. The van der Waals surface area contributed by atoms with Gasteiger partial charge in [-0.3, -0.25) is 4.79 Å². The molecule has 0 amide bonds. The predicted molar refractivity (Wildman–Crippen MR) is 83.5 cm³/mol. The smallest absolute Gasteiger partial charge is 0.330 e. The van der Waals surface area contributed by atoms with E-state index >= 15 is 0 Å². The maximum atomic E-state index is 12.1. The molecule has 1 aromatic carbocycles.